The summed E-state index contributed by atoms with van der Waals surface area (Å²) in [5.74, 6) is -0.829. The number of carbonyl (C=O) groups is 3. The molecule has 0 unspecified atom stereocenters. The minimum absolute atomic E-state index is 0.0972. The van der Waals surface area contributed by atoms with E-state index in [0.717, 1.165) is 11.8 Å². The van der Waals surface area contributed by atoms with Crippen LogP contribution in [0, 0.1) is 5.82 Å². The minimum Gasteiger partial charge on any atom is -0.459 e. The van der Waals surface area contributed by atoms with Gasteiger partial charge in [0.1, 0.15) is 5.82 Å². The number of rotatable bonds is 9. The van der Waals surface area contributed by atoms with Crippen LogP contribution in [0.5, 0.6) is 0 Å². The third kappa shape index (κ3) is 6.98. The van der Waals surface area contributed by atoms with Gasteiger partial charge >= 0.3 is 0 Å². The molecular weight excluding hydrogens is 361 g/mol. The van der Waals surface area contributed by atoms with Gasteiger partial charge in [0.25, 0.3) is 5.91 Å². The number of furan rings is 1. The number of nitrogens with one attached hydrogen (secondary N) is 3. The van der Waals surface area contributed by atoms with Crippen molar-refractivity contribution in [2.45, 2.75) is 0 Å². The third-order valence-electron chi connectivity index (χ3n) is 3.07. The van der Waals surface area contributed by atoms with Crippen LogP contribution in [0.15, 0.2) is 47.1 Å². The fourth-order valence-electron chi connectivity index (χ4n) is 1.89. The molecule has 0 aliphatic carbocycles. The molecule has 3 amide bonds. The van der Waals surface area contributed by atoms with E-state index in [-0.39, 0.29) is 53.9 Å². The van der Waals surface area contributed by atoms with Crippen molar-refractivity contribution in [2.24, 2.45) is 0 Å². The number of anilines is 1. The molecule has 0 fully saturated rings. The van der Waals surface area contributed by atoms with E-state index in [1.807, 2.05) is 0 Å². The molecule has 0 bridgehead atoms. The minimum atomic E-state index is -0.380. The molecule has 138 valence electrons. The van der Waals surface area contributed by atoms with Crippen molar-refractivity contribution in [1.82, 2.24) is 10.6 Å². The number of hydrogen-bond donors (Lipinski definition) is 3. The fourth-order valence-corrected chi connectivity index (χ4v) is 2.54. The van der Waals surface area contributed by atoms with Crippen molar-refractivity contribution in [3.8, 4) is 0 Å². The lowest BCUT2D eigenvalue weighted by atomic mass is 10.3. The molecule has 26 heavy (non-hydrogen) atoms. The van der Waals surface area contributed by atoms with E-state index in [1.54, 1.807) is 12.1 Å². The first-order valence-corrected chi connectivity index (χ1v) is 8.91. The van der Waals surface area contributed by atoms with Crippen molar-refractivity contribution in [1.29, 1.82) is 0 Å². The predicted molar refractivity (Wildman–Crippen MR) is 96.4 cm³/mol. The van der Waals surface area contributed by atoms with E-state index >= 15 is 0 Å². The number of carbonyl (C=O) groups excluding carboxylic acids is 3. The highest BCUT2D eigenvalue weighted by molar-refractivity contribution is 8.00. The topological polar surface area (TPSA) is 100 Å². The number of thioether (sulfide) groups is 1. The Morgan fingerprint density at radius 3 is 2.35 bits per heavy atom. The lowest BCUT2D eigenvalue weighted by Gasteiger charge is -2.07. The van der Waals surface area contributed by atoms with Crippen LogP contribution in [0.3, 0.4) is 0 Å². The summed E-state index contributed by atoms with van der Waals surface area (Å²) in [5.41, 5.74) is 0.494. The summed E-state index contributed by atoms with van der Waals surface area (Å²) >= 11 is 1.15. The third-order valence-corrected chi connectivity index (χ3v) is 4.00. The smallest absolute Gasteiger partial charge is 0.287 e. The summed E-state index contributed by atoms with van der Waals surface area (Å²) in [7, 11) is 0. The van der Waals surface area contributed by atoms with Crippen molar-refractivity contribution in [3.05, 3.63) is 54.2 Å². The van der Waals surface area contributed by atoms with Crippen molar-refractivity contribution < 1.29 is 23.2 Å². The second-order valence-corrected chi connectivity index (χ2v) is 6.12. The molecule has 0 saturated heterocycles. The molecule has 1 heterocycles. The molecule has 1 aromatic heterocycles. The normalized spacial score (nSPS) is 10.2. The average Bonchev–Trinajstić information content (AvgIpc) is 3.15. The van der Waals surface area contributed by atoms with Gasteiger partial charge in [0.2, 0.25) is 11.8 Å². The predicted octanol–water partition coefficient (Wildman–Crippen LogP) is 1.64. The zero-order valence-corrected chi connectivity index (χ0v) is 14.6. The van der Waals surface area contributed by atoms with Gasteiger partial charge in [-0.15, -0.1) is 11.8 Å². The molecule has 2 aromatic rings. The molecule has 3 N–H and O–H groups in total. The summed E-state index contributed by atoms with van der Waals surface area (Å²) in [6.07, 6.45) is 1.40. The first kappa shape index (κ1) is 19.5. The van der Waals surface area contributed by atoms with Gasteiger partial charge in [-0.1, -0.05) is 0 Å². The van der Waals surface area contributed by atoms with Crippen molar-refractivity contribution >= 4 is 35.2 Å². The molecule has 7 nitrogen and oxygen atoms in total. The van der Waals surface area contributed by atoms with E-state index in [2.05, 4.69) is 16.0 Å². The summed E-state index contributed by atoms with van der Waals surface area (Å²) in [5, 5.41) is 7.84. The van der Waals surface area contributed by atoms with Crippen LogP contribution < -0.4 is 16.0 Å². The highest BCUT2D eigenvalue weighted by atomic mass is 32.2. The summed E-state index contributed by atoms with van der Waals surface area (Å²) in [4.78, 5) is 34.9. The standard InChI is InChI=1S/C17H18FN3O4S/c18-12-3-5-13(6-4-12)21-16(23)11-26-10-15(22)19-7-8-20-17(24)14-2-1-9-25-14/h1-6,9H,7-8,10-11H2,(H,19,22)(H,20,24)(H,21,23). The zero-order chi connectivity index (χ0) is 18.8. The van der Waals surface area contributed by atoms with Crippen LogP contribution >= 0.6 is 11.8 Å². The Bertz CT molecular complexity index is 735. The van der Waals surface area contributed by atoms with Gasteiger partial charge < -0.3 is 20.4 Å². The maximum absolute atomic E-state index is 12.8. The number of halogens is 1. The van der Waals surface area contributed by atoms with Crippen molar-refractivity contribution in [3.63, 3.8) is 0 Å². The Balaban J connectivity index is 1.53. The summed E-state index contributed by atoms with van der Waals surface area (Å²) < 4.78 is 17.7. The Hall–Kier alpha value is -2.81. The van der Waals surface area contributed by atoms with Gasteiger partial charge in [0.15, 0.2) is 5.76 Å². The SMILES string of the molecule is O=C(CSCC(=O)Nc1ccc(F)cc1)NCCNC(=O)c1ccco1. The van der Waals surface area contributed by atoms with Crippen LogP contribution in [-0.2, 0) is 9.59 Å². The molecule has 0 spiro atoms. The molecule has 0 aliphatic rings. The largest absolute Gasteiger partial charge is 0.459 e. The molecule has 1 aromatic carbocycles. The van der Waals surface area contributed by atoms with Crippen molar-refractivity contribution in [2.75, 3.05) is 29.9 Å². The summed E-state index contributed by atoms with van der Waals surface area (Å²) in [6, 6.07) is 8.58. The van der Waals surface area contributed by atoms with Gasteiger partial charge in [-0.25, -0.2) is 4.39 Å². The lowest BCUT2D eigenvalue weighted by molar-refractivity contribution is -0.118. The van der Waals surface area contributed by atoms with E-state index in [9.17, 15) is 18.8 Å². The van der Waals surface area contributed by atoms with Gasteiger partial charge in [0, 0.05) is 18.8 Å². The second kappa shape index (κ2) is 10.2. The number of amides is 3. The Morgan fingerprint density at radius 1 is 0.962 bits per heavy atom. The molecule has 0 radical (unpaired) electrons. The lowest BCUT2D eigenvalue weighted by Crippen LogP contribution is -2.35. The van der Waals surface area contributed by atoms with Crippen LogP contribution in [0.1, 0.15) is 10.6 Å². The Labute approximate surface area is 153 Å². The molecule has 0 atom stereocenters. The van der Waals surface area contributed by atoms with Crippen LogP contribution in [0.2, 0.25) is 0 Å². The Kier molecular flexibility index (Phi) is 7.69. The van der Waals surface area contributed by atoms with Gasteiger partial charge in [0.05, 0.1) is 17.8 Å². The number of benzene rings is 1. The quantitative estimate of drug-likeness (QED) is 0.575. The van der Waals surface area contributed by atoms with E-state index in [0.29, 0.717) is 5.69 Å². The van der Waals surface area contributed by atoms with Crippen LogP contribution in [0.25, 0.3) is 0 Å². The monoisotopic (exact) mass is 379 g/mol. The second-order valence-electron chi connectivity index (χ2n) is 5.13. The molecular formula is C17H18FN3O4S. The highest BCUT2D eigenvalue weighted by Gasteiger charge is 2.08. The zero-order valence-electron chi connectivity index (χ0n) is 13.8. The number of hydrogen-bond acceptors (Lipinski definition) is 5. The van der Waals surface area contributed by atoms with Gasteiger partial charge in [-0.2, -0.15) is 0 Å². The average molecular weight is 379 g/mol. The molecule has 2 rings (SSSR count). The summed E-state index contributed by atoms with van der Waals surface area (Å²) in [6.45, 7) is 0.536. The maximum Gasteiger partial charge on any atom is 0.287 e. The first-order chi connectivity index (χ1) is 12.5. The van der Waals surface area contributed by atoms with E-state index < -0.39 is 0 Å². The van der Waals surface area contributed by atoms with E-state index in [4.69, 9.17) is 4.42 Å². The molecule has 9 heteroatoms. The maximum atomic E-state index is 12.8. The first-order valence-electron chi connectivity index (χ1n) is 7.76. The van der Waals surface area contributed by atoms with E-state index in [1.165, 1.54) is 30.5 Å². The van der Waals surface area contributed by atoms with Crippen LogP contribution in [0.4, 0.5) is 10.1 Å². The Morgan fingerprint density at radius 2 is 1.65 bits per heavy atom. The fraction of sp³-hybridized carbons (Fsp3) is 0.235. The van der Waals surface area contributed by atoms with Crippen LogP contribution in [-0.4, -0.2) is 42.3 Å². The molecule has 0 aliphatic heterocycles. The van der Waals surface area contributed by atoms with Gasteiger partial charge in [-0.3, -0.25) is 14.4 Å². The highest BCUT2D eigenvalue weighted by Crippen LogP contribution is 2.09. The molecule has 0 saturated carbocycles. The van der Waals surface area contributed by atoms with Gasteiger partial charge in [-0.05, 0) is 36.4 Å².